The van der Waals surface area contributed by atoms with Gasteiger partial charge in [-0.05, 0) is 25.7 Å². The van der Waals surface area contributed by atoms with Crippen LogP contribution in [0.3, 0.4) is 0 Å². The van der Waals surface area contributed by atoms with Gasteiger partial charge in [-0.2, -0.15) is 4.98 Å². The van der Waals surface area contributed by atoms with Gasteiger partial charge in [-0.25, -0.2) is 12.7 Å². The number of piperidine rings is 1. The van der Waals surface area contributed by atoms with Gasteiger partial charge in [0.05, 0.1) is 11.2 Å². The van der Waals surface area contributed by atoms with E-state index in [0.29, 0.717) is 19.0 Å². The monoisotopic (exact) mass is 257 g/mol. The van der Waals surface area contributed by atoms with E-state index in [1.165, 1.54) is 6.33 Å². The molecule has 7 heteroatoms. The predicted molar refractivity (Wildman–Crippen MR) is 59.8 cm³/mol. The van der Waals surface area contributed by atoms with E-state index < -0.39 is 10.0 Å². The second-order valence-electron chi connectivity index (χ2n) is 4.72. The first-order chi connectivity index (χ1) is 8.18. The lowest BCUT2D eigenvalue weighted by Crippen LogP contribution is -2.40. The normalized spacial score (nSPS) is 27.2. The Morgan fingerprint density at radius 1 is 1.35 bits per heavy atom. The second kappa shape index (κ2) is 4.06. The minimum atomic E-state index is -3.07. The molecule has 3 rings (SSSR count). The van der Waals surface area contributed by atoms with Crippen molar-refractivity contribution in [1.29, 1.82) is 0 Å². The topological polar surface area (TPSA) is 76.3 Å². The van der Waals surface area contributed by atoms with E-state index in [1.807, 2.05) is 0 Å². The minimum Gasteiger partial charge on any atom is -0.339 e. The number of hydrogen-bond acceptors (Lipinski definition) is 5. The molecule has 2 aliphatic rings. The zero-order chi connectivity index (χ0) is 11.9. The van der Waals surface area contributed by atoms with E-state index in [9.17, 15) is 8.42 Å². The van der Waals surface area contributed by atoms with Crippen LogP contribution in [0.25, 0.3) is 0 Å². The molecule has 1 saturated heterocycles. The van der Waals surface area contributed by atoms with Crippen molar-refractivity contribution in [2.24, 2.45) is 0 Å². The highest BCUT2D eigenvalue weighted by Crippen LogP contribution is 2.34. The largest absolute Gasteiger partial charge is 0.339 e. The Balaban J connectivity index is 1.76. The Labute approximate surface area is 100 Å². The van der Waals surface area contributed by atoms with E-state index in [2.05, 4.69) is 10.1 Å². The lowest BCUT2D eigenvalue weighted by Gasteiger charge is -2.30. The molecule has 94 valence electrons. The molecule has 2 fully saturated rings. The fourth-order valence-electron chi connectivity index (χ4n) is 2.31. The lowest BCUT2D eigenvalue weighted by atomic mass is 10.00. The van der Waals surface area contributed by atoms with Gasteiger partial charge in [0.25, 0.3) is 0 Å². The number of rotatable bonds is 3. The van der Waals surface area contributed by atoms with E-state index in [1.54, 1.807) is 4.31 Å². The van der Waals surface area contributed by atoms with Crippen LogP contribution in [0.4, 0.5) is 0 Å². The molecule has 0 bridgehead atoms. The third kappa shape index (κ3) is 2.09. The van der Waals surface area contributed by atoms with Crippen molar-refractivity contribution in [1.82, 2.24) is 14.4 Å². The van der Waals surface area contributed by atoms with Crippen LogP contribution in [0.5, 0.6) is 0 Å². The zero-order valence-corrected chi connectivity index (χ0v) is 10.3. The Kier molecular flexibility index (Phi) is 2.67. The smallest absolute Gasteiger partial charge is 0.230 e. The van der Waals surface area contributed by atoms with Crippen LogP contribution >= 0.6 is 0 Å². The summed E-state index contributed by atoms with van der Waals surface area (Å²) in [5.41, 5.74) is 0. The van der Waals surface area contributed by atoms with E-state index >= 15 is 0 Å². The summed E-state index contributed by atoms with van der Waals surface area (Å²) in [4.78, 5) is 4.02. The number of hydrogen-bond donors (Lipinski definition) is 0. The molecule has 1 aromatic rings. The Morgan fingerprint density at radius 2 is 2.18 bits per heavy atom. The molecule has 0 aromatic carbocycles. The summed E-state index contributed by atoms with van der Waals surface area (Å²) >= 11 is 0. The van der Waals surface area contributed by atoms with Crippen molar-refractivity contribution in [3.63, 3.8) is 0 Å². The van der Waals surface area contributed by atoms with E-state index in [0.717, 1.165) is 25.7 Å². The van der Waals surface area contributed by atoms with Crippen molar-refractivity contribution in [3.05, 3.63) is 12.2 Å². The van der Waals surface area contributed by atoms with Crippen molar-refractivity contribution >= 4 is 10.0 Å². The molecule has 1 saturated carbocycles. The number of aromatic nitrogens is 2. The van der Waals surface area contributed by atoms with Gasteiger partial charge in [-0.15, -0.1) is 0 Å². The highest BCUT2D eigenvalue weighted by atomic mass is 32.2. The molecule has 2 heterocycles. The van der Waals surface area contributed by atoms with Crippen LogP contribution < -0.4 is 0 Å². The summed E-state index contributed by atoms with van der Waals surface area (Å²) in [5.74, 6) is 0.612. The summed E-state index contributed by atoms with van der Waals surface area (Å²) in [5, 5.41) is 3.44. The molecule has 1 aromatic heterocycles. The minimum absolute atomic E-state index is 0.0553. The van der Waals surface area contributed by atoms with Crippen LogP contribution in [0.1, 0.15) is 37.5 Å². The maximum absolute atomic E-state index is 12.1. The molecule has 1 aliphatic carbocycles. The quantitative estimate of drug-likeness (QED) is 0.798. The van der Waals surface area contributed by atoms with Gasteiger partial charge in [0.1, 0.15) is 0 Å². The van der Waals surface area contributed by atoms with Gasteiger partial charge in [-0.1, -0.05) is 5.16 Å². The summed E-state index contributed by atoms with van der Waals surface area (Å²) in [7, 11) is -3.07. The average molecular weight is 257 g/mol. The lowest BCUT2D eigenvalue weighted by molar-refractivity contribution is 0.265. The van der Waals surface area contributed by atoms with Gasteiger partial charge in [-0.3, -0.25) is 0 Å². The maximum atomic E-state index is 12.1. The molecule has 1 unspecified atom stereocenters. The average Bonchev–Trinajstić information content (AvgIpc) is 3.06. The van der Waals surface area contributed by atoms with Crippen molar-refractivity contribution in [2.45, 2.75) is 36.9 Å². The first kappa shape index (κ1) is 11.2. The van der Waals surface area contributed by atoms with Crippen LogP contribution in [-0.2, 0) is 10.0 Å². The first-order valence-corrected chi connectivity index (χ1v) is 7.44. The molecule has 0 spiro atoms. The number of nitrogens with zero attached hydrogens (tertiary/aromatic N) is 3. The standard InChI is InChI=1S/C10H15N3O3S/c14-17(15,9-3-4-9)13-5-1-2-8(6-13)10-11-7-12-16-10/h7-9H,1-6H2. The van der Waals surface area contributed by atoms with Crippen molar-refractivity contribution in [2.75, 3.05) is 13.1 Å². The zero-order valence-electron chi connectivity index (χ0n) is 9.45. The molecule has 1 aliphatic heterocycles. The fourth-order valence-corrected chi connectivity index (χ4v) is 4.24. The molecular weight excluding hydrogens is 242 g/mol. The van der Waals surface area contributed by atoms with Gasteiger partial charge in [0, 0.05) is 13.1 Å². The molecule has 0 amide bonds. The molecule has 6 nitrogen and oxygen atoms in total. The molecule has 1 atom stereocenters. The number of sulfonamides is 1. The Hall–Kier alpha value is -0.950. The molecule has 0 N–H and O–H groups in total. The van der Waals surface area contributed by atoms with Gasteiger partial charge in [0.2, 0.25) is 15.9 Å². The predicted octanol–water partition coefficient (Wildman–Crippen LogP) is 0.741. The first-order valence-electron chi connectivity index (χ1n) is 5.93. The van der Waals surface area contributed by atoms with Crippen LogP contribution in [0, 0.1) is 0 Å². The highest BCUT2D eigenvalue weighted by Gasteiger charge is 2.42. The summed E-state index contributed by atoms with van der Waals surface area (Å²) in [6, 6.07) is 0. The third-order valence-corrected chi connectivity index (χ3v) is 5.78. The highest BCUT2D eigenvalue weighted by molar-refractivity contribution is 7.90. The van der Waals surface area contributed by atoms with Crippen molar-refractivity contribution in [3.8, 4) is 0 Å². The SMILES string of the molecule is O=S(=O)(C1CC1)N1CCCC(c2ncno2)C1. The summed E-state index contributed by atoms with van der Waals surface area (Å²) in [6.45, 7) is 1.12. The second-order valence-corrected chi connectivity index (χ2v) is 6.93. The Bertz CT molecular complexity index is 481. The van der Waals surface area contributed by atoms with Crippen LogP contribution in [0.15, 0.2) is 10.9 Å². The molecule has 17 heavy (non-hydrogen) atoms. The van der Waals surface area contributed by atoms with Gasteiger partial charge in [0.15, 0.2) is 6.33 Å². The van der Waals surface area contributed by atoms with E-state index in [-0.39, 0.29) is 11.2 Å². The van der Waals surface area contributed by atoms with Gasteiger partial charge < -0.3 is 4.52 Å². The molecule has 0 radical (unpaired) electrons. The van der Waals surface area contributed by atoms with Gasteiger partial charge >= 0.3 is 0 Å². The summed E-state index contributed by atoms with van der Waals surface area (Å²) < 4.78 is 30.9. The maximum Gasteiger partial charge on any atom is 0.230 e. The summed E-state index contributed by atoms with van der Waals surface area (Å²) in [6.07, 6.45) is 4.76. The van der Waals surface area contributed by atoms with Crippen molar-refractivity contribution < 1.29 is 12.9 Å². The van der Waals surface area contributed by atoms with Crippen LogP contribution in [0.2, 0.25) is 0 Å². The Morgan fingerprint density at radius 3 is 2.82 bits per heavy atom. The molecular formula is C10H15N3O3S. The van der Waals surface area contributed by atoms with E-state index in [4.69, 9.17) is 4.52 Å². The van der Waals surface area contributed by atoms with Crippen LogP contribution in [-0.4, -0.2) is 41.2 Å². The fraction of sp³-hybridized carbons (Fsp3) is 0.800. The third-order valence-electron chi connectivity index (χ3n) is 3.42.